The monoisotopic (exact) mass is 546 g/mol. The highest BCUT2D eigenvalue weighted by molar-refractivity contribution is 5.83. The molecule has 0 saturated carbocycles. The van der Waals surface area contributed by atoms with E-state index in [0.29, 0.717) is 0 Å². The minimum Gasteiger partial charge on any atom is -0.392 e. The normalized spacial score (nSPS) is 10.8. The molecule has 1 N–H and O–H groups in total. The quantitative estimate of drug-likeness (QED) is 0.206. The molecule has 0 fully saturated rings. The number of hydrogen-bond acceptors (Lipinski definition) is 3. The van der Waals surface area contributed by atoms with Gasteiger partial charge in [0.15, 0.2) is 0 Å². The van der Waals surface area contributed by atoms with Crippen molar-refractivity contribution in [2.75, 3.05) is 9.80 Å². The van der Waals surface area contributed by atoms with E-state index in [4.69, 9.17) is 0 Å². The molecule has 0 saturated heterocycles. The first-order chi connectivity index (χ1) is 20.6. The highest BCUT2D eigenvalue weighted by atomic mass is 16.3. The molecule has 0 radical (unpaired) electrons. The summed E-state index contributed by atoms with van der Waals surface area (Å²) in [6, 6.07) is 52.9. The topological polar surface area (TPSA) is 26.7 Å². The Labute approximate surface area is 248 Å². The Hall–Kier alpha value is -5.12. The van der Waals surface area contributed by atoms with E-state index in [2.05, 4.69) is 157 Å². The summed E-state index contributed by atoms with van der Waals surface area (Å²) in [6.07, 6.45) is 0. The van der Waals surface area contributed by atoms with Gasteiger partial charge in [-0.3, -0.25) is 0 Å². The molecule has 0 aliphatic rings. The average Bonchev–Trinajstić information content (AvgIpc) is 3.04. The van der Waals surface area contributed by atoms with Crippen molar-refractivity contribution >= 4 is 34.1 Å². The number of para-hydroxylation sites is 3. The summed E-state index contributed by atoms with van der Waals surface area (Å²) in [5.41, 5.74) is 12.4. The van der Waals surface area contributed by atoms with Crippen molar-refractivity contribution < 1.29 is 5.11 Å². The Morgan fingerprint density at radius 1 is 0.405 bits per heavy atom. The van der Waals surface area contributed by atoms with Gasteiger partial charge in [-0.1, -0.05) is 78.9 Å². The summed E-state index contributed by atoms with van der Waals surface area (Å²) in [6.45, 7) is 4.41. The maximum absolute atomic E-state index is 9.55. The first-order valence-corrected chi connectivity index (χ1v) is 14.3. The number of aliphatic hydroxyl groups excluding tert-OH is 1. The van der Waals surface area contributed by atoms with Gasteiger partial charge in [0, 0.05) is 34.1 Å². The zero-order valence-electron chi connectivity index (χ0n) is 24.0. The van der Waals surface area contributed by atoms with Crippen LogP contribution in [-0.2, 0) is 6.61 Å². The zero-order chi connectivity index (χ0) is 28.9. The third kappa shape index (κ3) is 5.56. The molecule has 3 nitrogen and oxygen atoms in total. The lowest BCUT2D eigenvalue weighted by molar-refractivity contribution is 0.282. The lowest BCUT2D eigenvalue weighted by atomic mass is 9.95. The predicted octanol–water partition coefficient (Wildman–Crippen LogP) is 10.4. The summed E-state index contributed by atoms with van der Waals surface area (Å²) in [7, 11) is 0. The van der Waals surface area contributed by atoms with E-state index in [1.807, 2.05) is 18.2 Å². The van der Waals surface area contributed by atoms with E-state index in [1.54, 1.807) is 0 Å². The fraction of sp³-hybridized carbons (Fsp3) is 0.0769. The zero-order valence-corrected chi connectivity index (χ0v) is 24.0. The van der Waals surface area contributed by atoms with E-state index in [9.17, 15) is 5.11 Å². The molecule has 6 aromatic rings. The van der Waals surface area contributed by atoms with Gasteiger partial charge in [0.2, 0.25) is 0 Å². The lowest BCUT2D eigenvalue weighted by Crippen LogP contribution is -2.10. The summed E-state index contributed by atoms with van der Waals surface area (Å²) in [4.78, 5) is 4.55. The van der Waals surface area contributed by atoms with E-state index in [-0.39, 0.29) is 6.61 Å². The Bertz CT molecular complexity index is 1730. The SMILES string of the molecule is Cc1cc(N(c2ccccc2)c2ccccc2)ccc1-c1ccc(N(c2ccccc2)c2ccc(CO)cc2)cc1C. The third-order valence-electron chi connectivity index (χ3n) is 7.65. The van der Waals surface area contributed by atoms with Gasteiger partial charge >= 0.3 is 0 Å². The molecule has 6 aromatic carbocycles. The molecule has 3 heteroatoms. The van der Waals surface area contributed by atoms with Crippen LogP contribution in [0.4, 0.5) is 34.1 Å². The number of aliphatic hydroxyl groups is 1. The molecular weight excluding hydrogens is 512 g/mol. The van der Waals surface area contributed by atoms with Crippen LogP contribution in [0, 0.1) is 13.8 Å². The van der Waals surface area contributed by atoms with Crippen LogP contribution < -0.4 is 9.80 Å². The van der Waals surface area contributed by atoms with Gasteiger partial charge in [0.25, 0.3) is 0 Å². The molecule has 6 rings (SSSR count). The first-order valence-electron chi connectivity index (χ1n) is 14.3. The molecule has 0 heterocycles. The van der Waals surface area contributed by atoms with Crippen LogP contribution in [0.25, 0.3) is 11.1 Å². The molecule has 0 bridgehead atoms. The molecule has 0 aliphatic carbocycles. The number of benzene rings is 6. The molecule has 0 unspecified atom stereocenters. The van der Waals surface area contributed by atoms with Gasteiger partial charge in [-0.2, -0.15) is 0 Å². The summed E-state index contributed by atoms with van der Waals surface area (Å²) < 4.78 is 0. The molecule has 0 atom stereocenters. The van der Waals surface area contributed by atoms with Crippen LogP contribution in [0.15, 0.2) is 152 Å². The van der Waals surface area contributed by atoms with Crippen LogP contribution in [0.3, 0.4) is 0 Å². The maximum atomic E-state index is 9.55. The molecule has 0 amide bonds. The second-order valence-electron chi connectivity index (χ2n) is 10.5. The standard InChI is InChI=1S/C39H34N2O/c1-29-26-36(40(32-12-6-3-7-13-32)33-14-8-4-9-15-33)22-24-38(29)39-25-23-37(27-30(39)2)41(34-16-10-5-11-17-34)35-20-18-31(28-42)19-21-35/h3-27,42H,28H2,1-2H3. The number of rotatable bonds is 8. The van der Waals surface area contributed by atoms with E-state index < -0.39 is 0 Å². The number of aryl methyl sites for hydroxylation is 2. The molecule has 206 valence electrons. The van der Waals surface area contributed by atoms with Crippen LogP contribution in [0.1, 0.15) is 16.7 Å². The number of anilines is 6. The predicted molar refractivity (Wildman–Crippen MR) is 177 cm³/mol. The maximum Gasteiger partial charge on any atom is 0.0681 e. The van der Waals surface area contributed by atoms with Crippen LogP contribution in [-0.4, -0.2) is 5.11 Å². The van der Waals surface area contributed by atoms with E-state index in [1.165, 1.54) is 22.3 Å². The summed E-state index contributed by atoms with van der Waals surface area (Å²) in [5, 5.41) is 9.55. The molecule has 0 aliphatic heterocycles. The van der Waals surface area contributed by atoms with Crippen molar-refractivity contribution in [1.82, 2.24) is 0 Å². The van der Waals surface area contributed by atoms with Crippen molar-refractivity contribution in [3.63, 3.8) is 0 Å². The Balaban J connectivity index is 1.37. The van der Waals surface area contributed by atoms with E-state index >= 15 is 0 Å². The Morgan fingerprint density at radius 2 is 0.738 bits per heavy atom. The van der Waals surface area contributed by atoms with Gasteiger partial charge in [0.05, 0.1) is 6.61 Å². The smallest absolute Gasteiger partial charge is 0.0681 e. The Morgan fingerprint density at radius 3 is 1.07 bits per heavy atom. The highest BCUT2D eigenvalue weighted by Crippen LogP contribution is 2.40. The molecular formula is C39H34N2O. The first kappa shape index (κ1) is 27.1. The van der Waals surface area contributed by atoms with Gasteiger partial charge in [-0.15, -0.1) is 0 Å². The lowest BCUT2D eigenvalue weighted by Gasteiger charge is -2.27. The van der Waals surface area contributed by atoms with Crippen molar-refractivity contribution in [2.45, 2.75) is 20.5 Å². The van der Waals surface area contributed by atoms with Crippen molar-refractivity contribution in [3.8, 4) is 11.1 Å². The van der Waals surface area contributed by atoms with Crippen LogP contribution in [0.2, 0.25) is 0 Å². The largest absolute Gasteiger partial charge is 0.392 e. The number of hydrogen-bond donors (Lipinski definition) is 1. The van der Waals surface area contributed by atoms with Crippen molar-refractivity contribution in [2.24, 2.45) is 0 Å². The van der Waals surface area contributed by atoms with Crippen LogP contribution >= 0.6 is 0 Å². The van der Waals surface area contributed by atoms with E-state index in [0.717, 1.165) is 39.7 Å². The van der Waals surface area contributed by atoms with Crippen molar-refractivity contribution in [3.05, 3.63) is 168 Å². The van der Waals surface area contributed by atoms with Gasteiger partial charge in [-0.05, 0) is 114 Å². The number of nitrogens with zero attached hydrogens (tertiary/aromatic N) is 2. The third-order valence-corrected chi connectivity index (χ3v) is 7.65. The molecule has 0 aromatic heterocycles. The van der Waals surface area contributed by atoms with Gasteiger partial charge < -0.3 is 14.9 Å². The van der Waals surface area contributed by atoms with Crippen molar-refractivity contribution in [1.29, 1.82) is 0 Å². The van der Waals surface area contributed by atoms with Gasteiger partial charge in [-0.25, -0.2) is 0 Å². The second-order valence-corrected chi connectivity index (χ2v) is 10.5. The summed E-state index contributed by atoms with van der Waals surface area (Å²) in [5.74, 6) is 0. The fourth-order valence-corrected chi connectivity index (χ4v) is 5.55. The minimum absolute atomic E-state index is 0.0338. The highest BCUT2D eigenvalue weighted by Gasteiger charge is 2.17. The fourth-order valence-electron chi connectivity index (χ4n) is 5.55. The van der Waals surface area contributed by atoms with Gasteiger partial charge in [0.1, 0.15) is 0 Å². The average molecular weight is 547 g/mol. The molecule has 42 heavy (non-hydrogen) atoms. The minimum atomic E-state index is 0.0338. The van der Waals surface area contributed by atoms with Crippen LogP contribution in [0.5, 0.6) is 0 Å². The summed E-state index contributed by atoms with van der Waals surface area (Å²) >= 11 is 0. The molecule has 0 spiro atoms. The second kappa shape index (κ2) is 12.2. The Kier molecular flexibility index (Phi) is 7.85.